The van der Waals surface area contributed by atoms with E-state index in [1.165, 1.54) is 16.7 Å². The molecule has 3 aromatic carbocycles. The number of fused-ring (bicyclic) bond motifs is 1. The van der Waals surface area contributed by atoms with Gasteiger partial charge in [-0.1, -0.05) is 24.3 Å². The van der Waals surface area contributed by atoms with Crippen LogP contribution in [-0.2, 0) is 23.9 Å². The summed E-state index contributed by atoms with van der Waals surface area (Å²) >= 11 is 0. The van der Waals surface area contributed by atoms with Crippen LogP contribution in [0.3, 0.4) is 0 Å². The summed E-state index contributed by atoms with van der Waals surface area (Å²) in [6.07, 6.45) is -1.10. The predicted octanol–water partition coefficient (Wildman–Crippen LogP) is 5.95. The number of ether oxygens (including phenoxy) is 1. The lowest BCUT2D eigenvalue weighted by atomic mass is 10.1. The van der Waals surface area contributed by atoms with Crippen LogP contribution in [0.1, 0.15) is 42.4 Å². The first kappa shape index (κ1) is 29.5. The Morgan fingerprint density at radius 1 is 0.977 bits per heavy atom. The van der Waals surface area contributed by atoms with Crippen LogP contribution in [0.15, 0.2) is 102 Å². The van der Waals surface area contributed by atoms with Crippen LogP contribution in [0.2, 0.25) is 0 Å². The van der Waals surface area contributed by atoms with Gasteiger partial charge >= 0.3 is 6.18 Å². The number of carbonyl (C=O) groups is 1. The summed E-state index contributed by atoms with van der Waals surface area (Å²) in [5.41, 5.74) is 1.20. The molecule has 5 aromatic rings. The summed E-state index contributed by atoms with van der Waals surface area (Å²) in [7, 11) is 0. The number of halogens is 3. The summed E-state index contributed by atoms with van der Waals surface area (Å²) in [5, 5.41) is 0.424. The molecule has 1 N–H and O–H groups in total. The zero-order valence-electron chi connectivity index (χ0n) is 23.6. The van der Waals surface area contributed by atoms with Gasteiger partial charge in [-0.2, -0.15) is 13.2 Å². The minimum atomic E-state index is -4.47. The number of aromatic amines is 1. The summed E-state index contributed by atoms with van der Waals surface area (Å²) in [5.74, 6) is 0.654. The van der Waals surface area contributed by atoms with Crippen LogP contribution in [0.25, 0.3) is 16.6 Å². The van der Waals surface area contributed by atoms with Gasteiger partial charge in [-0.25, -0.2) is 9.97 Å². The van der Waals surface area contributed by atoms with Gasteiger partial charge < -0.3 is 9.64 Å². The number of hydrogen-bond acceptors (Lipinski definition) is 4. The Morgan fingerprint density at radius 2 is 1.70 bits per heavy atom. The number of amides is 1. The molecule has 0 saturated heterocycles. The third kappa shape index (κ3) is 6.58. The largest absolute Gasteiger partial charge is 0.494 e. The van der Waals surface area contributed by atoms with Crippen molar-refractivity contribution in [1.29, 1.82) is 0 Å². The highest BCUT2D eigenvalue weighted by Gasteiger charge is 2.31. The van der Waals surface area contributed by atoms with Crippen LogP contribution in [-0.4, -0.2) is 27.0 Å². The highest BCUT2D eigenvalue weighted by atomic mass is 19.4. The molecule has 0 aliphatic carbocycles. The highest BCUT2D eigenvalue weighted by Crippen LogP contribution is 2.30. The summed E-state index contributed by atoms with van der Waals surface area (Å²) in [6.45, 7) is 4.33. The molecule has 0 unspecified atom stereocenters. The van der Waals surface area contributed by atoms with E-state index in [0.717, 1.165) is 17.7 Å². The number of rotatable bonds is 9. The maximum atomic E-state index is 13.9. The molecule has 2 aromatic heterocycles. The van der Waals surface area contributed by atoms with Gasteiger partial charge in [0.1, 0.15) is 11.6 Å². The maximum absolute atomic E-state index is 13.9. The number of alkyl halides is 3. The van der Waals surface area contributed by atoms with Gasteiger partial charge in [-0.05, 0) is 74.0 Å². The molecule has 0 aliphatic heterocycles. The highest BCUT2D eigenvalue weighted by molar-refractivity contribution is 5.80. The van der Waals surface area contributed by atoms with Crippen molar-refractivity contribution in [3.63, 3.8) is 0 Å². The average molecular weight is 588 g/mol. The smallest absolute Gasteiger partial charge is 0.416 e. The molecule has 0 saturated carbocycles. The van der Waals surface area contributed by atoms with Crippen molar-refractivity contribution >= 4 is 16.8 Å². The van der Waals surface area contributed by atoms with Gasteiger partial charge in [0.25, 0.3) is 5.56 Å². The second-order valence-corrected chi connectivity index (χ2v) is 10.0. The van der Waals surface area contributed by atoms with Crippen LogP contribution < -0.4 is 15.3 Å². The van der Waals surface area contributed by atoms with Crippen LogP contribution in [0.5, 0.6) is 5.75 Å². The van der Waals surface area contributed by atoms with Crippen LogP contribution >= 0.6 is 0 Å². The topological polar surface area (TPSA) is 78.6 Å². The number of aromatic nitrogens is 3. The van der Waals surface area contributed by atoms with Crippen molar-refractivity contribution in [1.82, 2.24) is 14.5 Å². The second-order valence-electron chi connectivity index (χ2n) is 10.0. The van der Waals surface area contributed by atoms with Crippen molar-refractivity contribution in [3.05, 3.63) is 130 Å². The lowest BCUT2D eigenvalue weighted by molar-refractivity contribution is -0.378. The van der Waals surface area contributed by atoms with Gasteiger partial charge in [0, 0.05) is 11.6 Å². The van der Waals surface area contributed by atoms with Crippen molar-refractivity contribution in [3.8, 4) is 11.4 Å². The molecule has 0 radical (unpaired) electrons. The molecule has 10 heteroatoms. The maximum Gasteiger partial charge on any atom is 0.416 e. The van der Waals surface area contributed by atoms with E-state index in [0.29, 0.717) is 40.3 Å². The summed E-state index contributed by atoms with van der Waals surface area (Å²) < 4.78 is 46.4. The fourth-order valence-electron chi connectivity index (χ4n) is 4.93. The fourth-order valence-corrected chi connectivity index (χ4v) is 4.93. The molecule has 0 bridgehead atoms. The number of nitrogens with zero attached hydrogens (tertiary/aromatic N) is 3. The fraction of sp³-hybridized carbons (Fsp3) is 0.212. The molecule has 0 aliphatic rings. The molecule has 7 nitrogen and oxygen atoms in total. The number of benzene rings is 3. The Bertz CT molecular complexity index is 1770. The number of hydrogen-bond donors (Lipinski definition) is 0. The van der Waals surface area contributed by atoms with E-state index in [2.05, 4.69) is 4.98 Å². The quantitative estimate of drug-likeness (QED) is 0.214. The first-order valence-corrected chi connectivity index (χ1v) is 13.8. The third-order valence-corrected chi connectivity index (χ3v) is 7.13. The lowest BCUT2D eigenvalue weighted by Gasteiger charge is -2.30. The Hall–Kier alpha value is -4.99. The van der Waals surface area contributed by atoms with E-state index in [-0.39, 0.29) is 24.4 Å². The number of H-pyrrole nitrogens is 1. The monoisotopic (exact) mass is 587 g/mol. The van der Waals surface area contributed by atoms with E-state index >= 15 is 0 Å². The number of carbonyl (C=O) groups excluding carboxylic acids is 1. The average Bonchev–Trinajstić information content (AvgIpc) is 3.00. The van der Waals surface area contributed by atoms with Crippen LogP contribution in [0.4, 0.5) is 13.2 Å². The van der Waals surface area contributed by atoms with E-state index in [1.807, 2.05) is 19.1 Å². The van der Waals surface area contributed by atoms with Gasteiger partial charge in [0.2, 0.25) is 5.91 Å². The molecule has 2 heterocycles. The number of nitrogens with one attached hydrogen (secondary N) is 1. The third-order valence-electron chi connectivity index (χ3n) is 7.13. The summed E-state index contributed by atoms with van der Waals surface area (Å²) in [6, 6.07) is 21.6. The SMILES string of the molecule is CCOc1ccc(-n2c([C@@H](C)N(Cc3ccc[nH+]c3)C(=O)Cc3ccc(C(F)(F)F)cc3)nc3ccccc3c2=O)cc1. The molecule has 43 heavy (non-hydrogen) atoms. The lowest BCUT2D eigenvalue weighted by Crippen LogP contribution is -2.38. The molecule has 5 rings (SSSR count). The van der Waals surface area contributed by atoms with Gasteiger partial charge in [-0.3, -0.25) is 14.2 Å². The molecular weight excluding hydrogens is 557 g/mol. The Labute approximate surface area is 246 Å². The number of pyridine rings is 1. The zero-order chi connectivity index (χ0) is 30.6. The number of para-hydroxylation sites is 1. The molecule has 220 valence electrons. The molecule has 1 atom stereocenters. The minimum absolute atomic E-state index is 0.139. The van der Waals surface area contributed by atoms with Crippen molar-refractivity contribution in [2.45, 2.75) is 39.0 Å². The standard InChI is InChI=1S/C33H29F3N4O3/c1-3-43-27-16-14-26(15-17-27)40-31(38-29-9-5-4-8-28(29)32(40)42)22(2)39(21-24-7-6-18-37-20-24)30(41)19-23-10-12-25(13-11-23)33(34,35)36/h4-18,20,22H,3,19,21H2,1-2H3/p+1/t22-/m1/s1. The molecule has 0 spiro atoms. The van der Waals surface area contributed by atoms with Gasteiger partial charge in [0.05, 0.1) is 47.8 Å². The minimum Gasteiger partial charge on any atom is -0.494 e. The van der Waals surface area contributed by atoms with Crippen molar-refractivity contribution < 1.29 is 27.7 Å². The molecular formula is C33H30F3N4O3+. The zero-order valence-corrected chi connectivity index (χ0v) is 23.6. The first-order chi connectivity index (χ1) is 20.7. The second kappa shape index (κ2) is 12.5. The van der Waals surface area contributed by atoms with Crippen molar-refractivity contribution in [2.75, 3.05) is 6.61 Å². The first-order valence-electron chi connectivity index (χ1n) is 13.8. The molecule has 0 fully saturated rings. The van der Waals surface area contributed by atoms with Crippen molar-refractivity contribution in [2.24, 2.45) is 0 Å². The molecule has 1 amide bonds. The van der Waals surface area contributed by atoms with Crippen LogP contribution in [0, 0.1) is 0 Å². The Morgan fingerprint density at radius 3 is 2.35 bits per heavy atom. The van der Waals surface area contributed by atoms with Gasteiger partial charge in [-0.15, -0.1) is 0 Å². The van der Waals surface area contributed by atoms with E-state index in [1.54, 1.807) is 72.7 Å². The van der Waals surface area contributed by atoms with E-state index < -0.39 is 17.8 Å². The summed E-state index contributed by atoms with van der Waals surface area (Å²) in [4.78, 5) is 37.3. The van der Waals surface area contributed by atoms with Gasteiger partial charge in [0.15, 0.2) is 12.4 Å². The Kier molecular flexibility index (Phi) is 8.56. The van der Waals surface area contributed by atoms with E-state index in [9.17, 15) is 22.8 Å². The predicted molar refractivity (Wildman–Crippen MR) is 156 cm³/mol. The normalized spacial score (nSPS) is 12.2. The van der Waals surface area contributed by atoms with E-state index in [4.69, 9.17) is 9.72 Å². The Balaban J connectivity index is 1.59.